The number of hydrogen-bond acceptors (Lipinski definition) is 1. The molecule has 0 fully saturated rings. The molecule has 0 atom stereocenters. The zero-order valence-electron chi connectivity index (χ0n) is 3.15. The largest absolute Gasteiger partial charge is 0.328 e. The van der Waals surface area contributed by atoms with Crippen LogP contribution in [0.5, 0.6) is 0 Å². The molecular formula is C3H12BN. The summed E-state index contributed by atoms with van der Waals surface area (Å²) in [5.74, 6) is 0. The maximum absolute atomic E-state index is 5.11. The van der Waals surface area contributed by atoms with Crippen molar-refractivity contribution < 1.29 is 0 Å². The standard InChI is InChI=1S/C3H9N.BH3/c1-3(2)4;/h3H,4H2,1-2H3;1H3. The predicted molar refractivity (Wildman–Crippen MR) is 29.3 cm³/mol. The highest BCUT2D eigenvalue weighted by atomic mass is 14.6. The van der Waals surface area contributed by atoms with Crippen LogP contribution in [0.2, 0.25) is 0 Å². The van der Waals surface area contributed by atoms with Gasteiger partial charge in [0.15, 0.2) is 0 Å². The van der Waals surface area contributed by atoms with E-state index in [1.54, 1.807) is 0 Å². The Labute approximate surface area is 35.1 Å². The van der Waals surface area contributed by atoms with Gasteiger partial charge in [0.2, 0.25) is 0 Å². The molecule has 0 aromatic carbocycles. The van der Waals surface area contributed by atoms with Gasteiger partial charge in [-0.25, -0.2) is 0 Å². The molecule has 32 valence electrons. The lowest BCUT2D eigenvalue weighted by Crippen LogP contribution is -2.06. The number of rotatable bonds is 0. The molecule has 0 aliphatic rings. The Hall–Kier alpha value is 0.0249. The highest BCUT2D eigenvalue weighted by Gasteiger charge is 1.67. The second-order valence-electron chi connectivity index (χ2n) is 1.24. The Bertz CT molecular complexity index is 11.6. The summed E-state index contributed by atoms with van der Waals surface area (Å²) >= 11 is 0. The van der Waals surface area contributed by atoms with E-state index in [4.69, 9.17) is 5.73 Å². The van der Waals surface area contributed by atoms with Gasteiger partial charge in [0.25, 0.3) is 0 Å². The third-order valence-electron chi connectivity index (χ3n) is 0. The van der Waals surface area contributed by atoms with Gasteiger partial charge in [0.1, 0.15) is 0 Å². The van der Waals surface area contributed by atoms with Crippen molar-refractivity contribution in [1.82, 2.24) is 0 Å². The second kappa shape index (κ2) is 4.02. The predicted octanol–water partition coefficient (Wildman–Crippen LogP) is -0.830. The minimum atomic E-state index is 0. The molecule has 0 aromatic heterocycles. The van der Waals surface area contributed by atoms with E-state index in [0.29, 0.717) is 6.04 Å². The Kier molecular flexibility index (Phi) is 7.16. The van der Waals surface area contributed by atoms with Crippen LogP contribution in [0, 0.1) is 0 Å². The van der Waals surface area contributed by atoms with Gasteiger partial charge in [-0.2, -0.15) is 0 Å². The average Bonchev–Trinajstić information content (AvgIpc) is 0.811. The Balaban J connectivity index is 0. The van der Waals surface area contributed by atoms with Gasteiger partial charge in [-0.15, -0.1) is 0 Å². The van der Waals surface area contributed by atoms with Gasteiger partial charge in [0.05, 0.1) is 8.41 Å². The molecule has 0 unspecified atom stereocenters. The van der Waals surface area contributed by atoms with Crippen LogP contribution < -0.4 is 5.73 Å². The molecule has 0 rings (SSSR count). The minimum absolute atomic E-state index is 0. The smallest absolute Gasteiger partial charge is 0.0814 e. The molecule has 0 aliphatic heterocycles. The van der Waals surface area contributed by atoms with Crippen LogP contribution in [0.25, 0.3) is 0 Å². The summed E-state index contributed by atoms with van der Waals surface area (Å²) in [5.41, 5.74) is 5.11. The topological polar surface area (TPSA) is 26.0 Å². The summed E-state index contributed by atoms with van der Waals surface area (Å²) in [6, 6.07) is 0.333. The van der Waals surface area contributed by atoms with Gasteiger partial charge in [-0.1, -0.05) is 13.8 Å². The fraction of sp³-hybridized carbons (Fsp3) is 1.00. The maximum Gasteiger partial charge on any atom is 0.0814 e. The average molecular weight is 72.9 g/mol. The van der Waals surface area contributed by atoms with Crippen molar-refractivity contribution in [1.29, 1.82) is 0 Å². The number of nitrogens with two attached hydrogens (primary N) is 1. The first kappa shape index (κ1) is 8.90. The van der Waals surface area contributed by atoms with Crippen LogP contribution in [0.3, 0.4) is 0 Å². The molecule has 0 heterocycles. The van der Waals surface area contributed by atoms with Gasteiger partial charge < -0.3 is 5.73 Å². The summed E-state index contributed by atoms with van der Waals surface area (Å²) in [7, 11) is 0. The van der Waals surface area contributed by atoms with Crippen LogP contribution in [-0.4, -0.2) is 14.5 Å². The lowest BCUT2D eigenvalue weighted by Gasteiger charge is -1.81. The number of hydrogen-bond donors (Lipinski definition) is 1. The van der Waals surface area contributed by atoms with Crippen LogP contribution in [0.15, 0.2) is 0 Å². The minimum Gasteiger partial charge on any atom is -0.328 e. The molecule has 2 heteroatoms. The van der Waals surface area contributed by atoms with E-state index in [1.807, 2.05) is 13.8 Å². The summed E-state index contributed by atoms with van der Waals surface area (Å²) in [6.07, 6.45) is 0. The third kappa shape index (κ3) is 26500. The highest BCUT2D eigenvalue weighted by molar-refractivity contribution is 5.75. The van der Waals surface area contributed by atoms with Gasteiger partial charge in [0, 0.05) is 0 Å². The van der Waals surface area contributed by atoms with Gasteiger partial charge >= 0.3 is 0 Å². The van der Waals surface area contributed by atoms with Gasteiger partial charge in [-0.05, 0) is 6.04 Å². The van der Waals surface area contributed by atoms with Crippen molar-refractivity contribution in [3.05, 3.63) is 0 Å². The van der Waals surface area contributed by atoms with Crippen molar-refractivity contribution in [3.8, 4) is 0 Å². The molecule has 0 radical (unpaired) electrons. The van der Waals surface area contributed by atoms with Crippen LogP contribution >= 0.6 is 0 Å². The molecule has 1 nitrogen and oxygen atoms in total. The molecule has 2 N–H and O–H groups in total. The van der Waals surface area contributed by atoms with E-state index in [-0.39, 0.29) is 8.41 Å². The summed E-state index contributed by atoms with van der Waals surface area (Å²) in [5, 5.41) is 0. The molecule has 0 saturated heterocycles. The fourth-order valence-corrected chi connectivity index (χ4v) is 0. The monoisotopic (exact) mass is 73.1 g/mol. The fourth-order valence-electron chi connectivity index (χ4n) is 0. The first-order valence-corrected chi connectivity index (χ1v) is 1.49. The molecule has 0 amide bonds. The van der Waals surface area contributed by atoms with Crippen molar-refractivity contribution >= 4 is 8.41 Å². The SMILES string of the molecule is B.CC(C)N. The van der Waals surface area contributed by atoms with Crippen LogP contribution in [-0.2, 0) is 0 Å². The highest BCUT2D eigenvalue weighted by Crippen LogP contribution is 1.58. The lowest BCUT2D eigenvalue weighted by atomic mass is 10.5. The van der Waals surface area contributed by atoms with E-state index in [2.05, 4.69) is 0 Å². The first-order chi connectivity index (χ1) is 1.73. The normalized spacial score (nSPS) is 7.20. The maximum atomic E-state index is 5.11. The van der Waals surface area contributed by atoms with E-state index in [0.717, 1.165) is 0 Å². The Morgan fingerprint density at radius 2 is 1.40 bits per heavy atom. The van der Waals surface area contributed by atoms with E-state index >= 15 is 0 Å². The van der Waals surface area contributed by atoms with Crippen molar-refractivity contribution in [2.24, 2.45) is 5.73 Å². The molecule has 5 heavy (non-hydrogen) atoms. The summed E-state index contributed by atoms with van der Waals surface area (Å²) < 4.78 is 0. The molecule has 0 aromatic rings. The first-order valence-electron chi connectivity index (χ1n) is 1.49. The third-order valence-corrected chi connectivity index (χ3v) is 0. The zero-order valence-corrected chi connectivity index (χ0v) is 3.15. The van der Waals surface area contributed by atoms with Crippen LogP contribution in [0.4, 0.5) is 0 Å². The quantitative estimate of drug-likeness (QED) is 0.372. The summed E-state index contributed by atoms with van der Waals surface area (Å²) in [4.78, 5) is 0. The zero-order chi connectivity index (χ0) is 3.58. The van der Waals surface area contributed by atoms with Gasteiger partial charge in [-0.3, -0.25) is 0 Å². The van der Waals surface area contributed by atoms with E-state index in [9.17, 15) is 0 Å². The van der Waals surface area contributed by atoms with E-state index < -0.39 is 0 Å². The molecule has 0 aliphatic carbocycles. The molecular weight excluding hydrogens is 60.9 g/mol. The molecule has 0 spiro atoms. The lowest BCUT2D eigenvalue weighted by molar-refractivity contribution is 0.834. The second-order valence-corrected chi connectivity index (χ2v) is 1.24. The van der Waals surface area contributed by atoms with E-state index in [1.165, 1.54) is 0 Å². The van der Waals surface area contributed by atoms with Crippen molar-refractivity contribution in [2.45, 2.75) is 19.9 Å². The Morgan fingerprint density at radius 3 is 1.40 bits per heavy atom. The summed E-state index contributed by atoms with van der Waals surface area (Å²) in [6.45, 7) is 3.89. The van der Waals surface area contributed by atoms with Crippen LogP contribution in [0.1, 0.15) is 13.8 Å². The Morgan fingerprint density at radius 1 is 1.40 bits per heavy atom. The van der Waals surface area contributed by atoms with Crippen molar-refractivity contribution in [3.63, 3.8) is 0 Å². The molecule has 0 saturated carbocycles. The van der Waals surface area contributed by atoms with Crippen molar-refractivity contribution in [2.75, 3.05) is 0 Å². The molecule has 0 bridgehead atoms.